The van der Waals surface area contributed by atoms with Gasteiger partial charge in [-0.3, -0.25) is 9.59 Å². The van der Waals surface area contributed by atoms with Gasteiger partial charge < -0.3 is 10.6 Å². The van der Waals surface area contributed by atoms with Crippen LogP contribution in [-0.2, 0) is 0 Å². The molecule has 6 rings (SSSR count). The van der Waals surface area contributed by atoms with E-state index in [1.807, 2.05) is 141 Å². The molecule has 0 aliphatic rings. The van der Waals surface area contributed by atoms with Crippen LogP contribution in [0.2, 0.25) is 0 Å². The molecule has 0 saturated heterocycles. The number of benzene rings is 5. The predicted molar refractivity (Wildman–Crippen MR) is 179 cm³/mol. The van der Waals surface area contributed by atoms with Crippen molar-refractivity contribution in [1.82, 2.24) is 4.98 Å². The second-order valence-electron chi connectivity index (χ2n) is 10.5. The van der Waals surface area contributed by atoms with E-state index < -0.39 is 0 Å². The van der Waals surface area contributed by atoms with Crippen LogP contribution < -0.4 is 10.6 Å². The van der Waals surface area contributed by atoms with Crippen LogP contribution in [-0.4, -0.2) is 30.6 Å². The number of rotatable bonds is 9. The SMILES string of the molecule is CNc1ccc(C(=O)c2cccc(-c3cc(-c4ccccc4)cc(-c4cccc(C(=O)c5ccc(NC)cc5)c4)n3)c2)cc1. The summed E-state index contributed by atoms with van der Waals surface area (Å²) >= 11 is 0. The van der Waals surface area contributed by atoms with Gasteiger partial charge in [-0.2, -0.15) is 0 Å². The fraction of sp³-hybridized carbons (Fsp3) is 0.0513. The summed E-state index contributed by atoms with van der Waals surface area (Å²) < 4.78 is 0. The first kappa shape index (κ1) is 28.3. The number of hydrogen-bond acceptors (Lipinski definition) is 5. The lowest BCUT2D eigenvalue weighted by Gasteiger charge is -2.12. The minimum absolute atomic E-state index is 0.0529. The van der Waals surface area contributed by atoms with Crippen LogP contribution in [0.3, 0.4) is 0 Å². The van der Waals surface area contributed by atoms with Crippen LogP contribution in [0.1, 0.15) is 31.8 Å². The molecule has 2 N–H and O–H groups in total. The smallest absolute Gasteiger partial charge is 0.193 e. The second-order valence-corrected chi connectivity index (χ2v) is 10.5. The quantitative estimate of drug-likeness (QED) is 0.169. The molecule has 44 heavy (non-hydrogen) atoms. The summed E-state index contributed by atoms with van der Waals surface area (Å²) in [5, 5.41) is 6.16. The van der Waals surface area contributed by atoms with E-state index in [9.17, 15) is 9.59 Å². The largest absolute Gasteiger partial charge is 0.388 e. The van der Waals surface area contributed by atoms with Gasteiger partial charge in [-0.1, -0.05) is 66.7 Å². The highest BCUT2D eigenvalue weighted by Crippen LogP contribution is 2.31. The number of carbonyl (C=O) groups is 2. The lowest BCUT2D eigenvalue weighted by molar-refractivity contribution is 0.103. The maximum absolute atomic E-state index is 13.4. The van der Waals surface area contributed by atoms with Crippen LogP contribution in [0.5, 0.6) is 0 Å². The zero-order chi connectivity index (χ0) is 30.5. The average molecular weight is 574 g/mol. The van der Waals surface area contributed by atoms with Gasteiger partial charge in [0, 0.05) is 58.9 Å². The van der Waals surface area contributed by atoms with Crippen molar-refractivity contribution >= 4 is 22.9 Å². The van der Waals surface area contributed by atoms with Crippen molar-refractivity contribution in [3.8, 4) is 33.6 Å². The summed E-state index contributed by atoms with van der Waals surface area (Å²) in [6.07, 6.45) is 0. The minimum Gasteiger partial charge on any atom is -0.388 e. The summed E-state index contributed by atoms with van der Waals surface area (Å²) in [4.78, 5) is 31.8. The molecule has 0 saturated carbocycles. The Hall–Kier alpha value is -5.81. The molecule has 0 radical (unpaired) electrons. The highest BCUT2D eigenvalue weighted by molar-refractivity contribution is 6.10. The first-order valence-corrected chi connectivity index (χ1v) is 14.5. The van der Waals surface area contributed by atoms with Gasteiger partial charge in [0.25, 0.3) is 0 Å². The first-order valence-electron chi connectivity index (χ1n) is 14.5. The van der Waals surface area contributed by atoms with E-state index in [-0.39, 0.29) is 11.6 Å². The predicted octanol–water partition coefficient (Wildman–Crippen LogP) is 8.63. The third-order valence-corrected chi connectivity index (χ3v) is 7.65. The maximum atomic E-state index is 13.4. The monoisotopic (exact) mass is 573 g/mol. The highest BCUT2D eigenvalue weighted by atomic mass is 16.1. The Balaban J connectivity index is 1.40. The van der Waals surface area contributed by atoms with Crippen molar-refractivity contribution in [2.45, 2.75) is 0 Å². The number of ketones is 2. The van der Waals surface area contributed by atoms with Crippen LogP contribution in [0.15, 0.2) is 140 Å². The molecular formula is C39H31N3O2. The molecule has 1 aromatic heterocycles. The summed E-state index contributed by atoms with van der Waals surface area (Å²) in [6, 6.07) is 44.3. The molecular weight excluding hydrogens is 542 g/mol. The minimum atomic E-state index is -0.0529. The van der Waals surface area contributed by atoms with Gasteiger partial charge in [0.15, 0.2) is 11.6 Å². The summed E-state index contributed by atoms with van der Waals surface area (Å²) in [5.41, 5.74) is 9.49. The fourth-order valence-corrected chi connectivity index (χ4v) is 5.17. The summed E-state index contributed by atoms with van der Waals surface area (Å²) in [6.45, 7) is 0. The van der Waals surface area contributed by atoms with Gasteiger partial charge in [-0.25, -0.2) is 4.98 Å². The van der Waals surface area contributed by atoms with Crippen molar-refractivity contribution in [3.63, 3.8) is 0 Å². The number of nitrogens with one attached hydrogen (secondary N) is 2. The lowest BCUT2D eigenvalue weighted by atomic mass is 9.96. The molecule has 1 heterocycles. The van der Waals surface area contributed by atoms with E-state index in [2.05, 4.69) is 22.8 Å². The van der Waals surface area contributed by atoms with Gasteiger partial charge in [0.2, 0.25) is 0 Å². The molecule has 0 fully saturated rings. The third kappa shape index (κ3) is 6.03. The molecule has 0 aliphatic heterocycles. The molecule has 6 aromatic rings. The number of nitrogens with zero attached hydrogens (tertiary/aromatic N) is 1. The third-order valence-electron chi connectivity index (χ3n) is 7.65. The Morgan fingerprint density at radius 2 is 0.864 bits per heavy atom. The summed E-state index contributed by atoms with van der Waals surface area (Å²) in [7, 11) is 3.70. The molecule has 5 nitrogen and oxygen atoms in total. The Kier molecular flexibility index (Phi) is 8.10. The van der Waals surface area contributed by atoms with Crippen LogP contribution in [0, 0.1) is 0 Å². The van der Waals surface area contributed by atoms with Gasteiger partial charge in [0.05, 0.1) is 11.4 Å². The molecule has 214 valence electrons. The first-order chi connectivity index (χ1) is 21.5. The van der Waals surface area contributed by atoms with Crippen molar-refractivity contribution in [2.24, 2.45) is 0 Å². The number of hydrogen-bond donors (Lipinski definition) is 2. The van der Waals surface area contributed by atoms with Gasteiger partial charge in [0.1, 0.15) is 0 Å². The van der Waals surface area contributed by atoms with E-state index in [0.29, 0.717) is 22.3 Å². The Labute approximate surface area is 257 Å². The molecule has 0 bridgehead atoms. The zero-order valence-electron chi connectivity index (χ0n) is 24.5. The van der Waals surface area contributed by atoms with E-state index >= 15 is 0 Å². The van der Waals surface area contributed by atoms with Crippen molar-refractivity contribution in [3.05, 3.63) is 162 Å². The molecule has 0 amide bonds. The zero-order valence-corrected chi connectivity index (χ0v) is 24.5. The van der Waals surface area contributed by atoms with Gasteiger partial charge >= 0.3 is 0 Å². The molecule has 0 spiro atoms. The van der Waals surface area contributed by atoms with Crippen LogP contribution >= 0.6 is 0 Å². The Morgan fingerprint density at radius 3 is 1.30 bits per heavy atom. The van der Waals surface area contributed by atoms with Crippen molar-refractivity contribution in [1.29, 1.82) is 0 Å². The Bertz CT molecular complexity index is 1830. The maximum Gasteiger partial charge on any atom is 0.193 e. The molecule has 5 heteroatoms. The van der Waals surface area contributed by atoms with Gasteiger partial charge in [-0.05, 0) is 83.9 Å². The Morgan fingerprint density at radius 1 is 0.432 bits per heavy atom. The van der Waals surface area contributed by atoms with Crippen molar-refractivity contribution < 1.29 is 9.59 Å². The van der Waals surface area contributed by atoms with E-state index in [1.165, 1.54) is 0 Å². The standard InChI is InChI=1S/C39H31N3O2/c1-40-34-18-14-27(15-19-34)38(43)31-12-6-10-29(22-31)36-24-33(26-8-4-3-5-9-26)25-37(42-36)30-11-7-13-32(23-30)39(44)28-16-20-35(41-2)21-17-28/h3-25,40-41H,1-2H3. The number of anilines is 2. The molecule has 5 aromatic carbocycles. The van der Waals surface area contributed by atoms with Crippen LogP contribution in [0.4, 0.5) is 11.4 Å². The van der Waals surface area contributed by atoms with E-state index in [1.54, 1.807) is 0 Å². The number of carbonyl (C=O) groups excluding carboxylic acids is 2. The lowest BCUT2D eigenvalue weighted by Crippen LogP contribution is -2.02. The van der Waals surface area contributed by atoms with E-state index in [0.717, 1.165) is 45.0 Å². The second kappa shape index (κ2) is 12.6. The highest BCUT2D eigenvalue weighted by Gasteiger charge is 2.15. The van der Waals surface area contributed by atoms with E-state index in [4.69, 9.17) is 4.98 Å². The van der Waals surface area contributed by atoms with Crippen molar-refractivity contribution in [2.75, 3.05) is 24.7 Å². The normalized spacial score (nSPS) is 10.7. The average Bonchev–Trinajstić information content (AvgIpc) is 3.11. The molecule has 0 unspecified atom stereocenters. The van der Waals surface area contributed by atoms with Gasteiger partial charge in [-0.15, -0.1) is 0 Å². The number of aromatic nitrogens is 1. The molecule has 0 aliphatic carbocycles. The number of pyridine rings is 1. The summed E-state index contributed by atoms with van der Waals surface area (Å²) in [5.74, 6) is -0.106. The molecule has 0 atom stereocenters. The fourth-order valence-electron chi connectivity index (χ4n) is 5.17. The van der Waals surface area contributed by atoms with Crippen LogP contribution in [0.25, 0.3) is 33.6 Å². The topological polar surface area (TPSA) is 71.1 Å².